The summed E-state index contributed by atoms with van der Waals surface area (Å²) in [6, 6.07) is 16.8. The van der Waals surface area contributed by atoms with Crippen molar-refractivity contribution < 1.29 is 19.1 Å². The molecule has 0 atom stereocenters. The van der Waals surface area contributed by atoms with Gasteiger partial charge < -0.3 is 9.47 Å². The molecule has 0 radical (unpaired) electrons. The number of ether oxygens (including phenoxy) is 2. The second-order valence-corrected chi connectivity index (χ2v) is 4.90. The molecule has 0 unspecified atom stereocenters. The summed E-state index contributed by atoms with van der Waals surface area (Å²) in [5, 5.41) is 0. The Labute approximate surface area is 129 Å². The number of hydrogen-bond acceptors (Lipinski definition) is 4. The van der Waals surface area contributed by atoms with Crippen LogP contribution in [0.5, 0.6) is 0 Å². The first-order valence-corrected chi connectivity index (χ1v) is 7.01. The van der Waals surface area contributed by atoms with Crippen molar-refractivity contribution in [1.82, 2.24) is 0 Å². The van der Waals surface area contributed by atoms with Gasteiger partial charge in [0.15, 0.2) is 0 Å². The molecule has 0 heterocycles. The molecular formula is C18H18O4. The highest BCUT2D eigenvalue weighted by atomic mass is 16.5. The summed E-state index contributed by atoms with van der Waals surface area (Å²) in [5.74, 6) is -0.595. The highest BCUT2D eigenvalue weighted by Crippen LogP contribution is 2.09. The molecular weight excluding hydrogens is 280 g/mol. The van der Waals surface area contributed by atoms with E-state index in [0.29, 0.717) is 0 Å². The van der Waals surface area contributed by atoms with Crippen LogP contribution in [-0.4, -0.2) is 19.0 Å². The Morgan fingerprint density at radius 3 is 2.05 bits per heavy atom. The molecule has 114 valence electrons. The molecule has 0 amide bonds. The number of carbonyl (C=O) groups excluding carboxylic acids is 2. The summed E-state index contributed by atoms with van der Waals surface area (Å²) in [6.07, 6.45) is 0.380. The van der Waals surface area contributed by atoms with Crippen LogP contribution in [-0.2, 0) is 38.5 Å². The average molecular weight is 298 g/mol. The van der Waals surface area contributed by atoms with Crippen LogP contribution in [0.2, 0.25) is 0 Å². The molecule has 0 aliphatic rings. The molecule has 22 heavy (non-hydrogen) atoms. The van der Waals surface area contributed by atoms with Gasteiger partial charge in [0.2, 0.25) is 0 Å². The maximum Gasteiger partial charge on any atom is 0.310 e. The molecule has 0 saturated carbocycles. The minimum absolute atomic E-state index is 0.182. The second kappa shape index (κ2) is 7.98. The van der Waals surface area contributed by atoms with Gasteiger partial charge in [-0.15, -0.1) is 0 Å². The van der Waals surface area contributed by atoms with E-state index >= 15 is 0 Å². The van der Waals surface area contributed by atoms with Gasteiger partial charge in [-0.25, -0.2) is 0 Å². The highest BCUT2D eigenvalue weighted by Gasteiger charge is 2.08. The van der Waals surface area contributed by atoms with Gasteiger partial charge in [0.05, 0.1) is 20.0 Å². The lowest BCUT2D eigenvalue weighted by molar-refractivity contribution is -0.144. The SMILES string of the molecule is COC(=O)Cc1cccc(CC(=O)OCc2ccccc2)c1. The van der Waals surface area contributed by atoms with Gasteiger partial charge in [0.25, 0.3) is 0 Å². The van der Waals surface area contributed by atoms with Crippen molar-refractivity contribution in [3.05, 3.63) is 71.3 Å². The van der Waals surface area contributed by atoms with Gasteiger partial charge in [0, 0.05) is 0 Å². The Morgan fingerprint density at radius 2 is 1.41 bits per heavy atom. The fraction of sp³-hybridized carbons (Fsp3) is 0.222. The van der Waals surface area contributed by atoms with E-state index in [1.165, 1.54) is 7.11 Å². The minimum Gasteiger partial charge on any atom is -0.469 e. The standard InChI is InChI=1S/C18H18O4/c1-21-17(19)11-15-8-5-9-16(10-15)12-18(20)22-13-14-6-3-2-4-7-14/h2-10H,11-13H2,1H3. The third-order valence-corrected chi connectivity index (χ3v) is 3.16. The molecule has 4 heteroatoms. The van der Waals surface area contributed by atoms with Crippen LogP contribution in [0.1, 0.15) is 16.7 Å². The lowest BCUT2D eigenvalue weighted by Gasteiger charge is -2.06. The van der Waals surface area contributed by atoms with E-state index in [2.05, 4.69) is 4.74 Å². The predicted octanol–water partition coefficient (Wildman–Crippen LogP) is 2.69. The van der Waals surface area contributed by atoms with E-state index in [4.69, 9.17) is 4.74 Å². The normalized spacial score (nSPS) is 10.0. The van der Waals surface area contributed by atoms with Crippen LogP contribution >= 0.6 is 0 Å². The van der Waals surface area contributed by atoms with Gasteiger partial charge in [-0.2, -0.15) is 0 Å². The maximum atomic E-state index is 11.9. The third kappa shape index (κ3) is 5.05. The van der Waals surface area contributed by atoms with Crippen molar-refractivity contribution in [2.45, 2.75) is 19.4 Å². The van der Waals surface area contributed by atoms with Crippen molar-refractivity contribution in [3.8, 4) is 0 Å². The molecule has 2 aromatic rings. The summed E-state index contributed by atoms with van der Waals surface area (Å²) in [5.41, 5.74) is 2.59. The van der Waals surface area contributed by atoms with Gasteiger partial charge in [-0.1, -0.05) is 54.6 Å². The number of hydrogen-bond donors (Lipinski definition) is 0. The molecule has 0 fully saturated rings. The van der Waals surface area contributed by atoms with Gasteiger partial charge in [0.1, 0.15) is 6.61 Å². The van der Waals surface area contributed by atoms with Crippen LogP contribution < -0.4 is 0 Å². The third-order valence-electron chi connectivity index (χ3n) is 3.16. The Kier molecular flexibility index (Phi) is 5.72. The summed E-state index contributed by atoms with van der Waals surface area (Å²) in [4.78, 5) is 23.1. The first-order valence-electron chi connectivity index (χ1n) is 7.01. The van der Waals surface area contributed by atoms with Crippen LogP contribution in [0.15, 0.2) is 54.6 Å². The van der Waals surface area contributed by atoms with E-state index in [9.17, 15) is 9.59 Å². The monoisotopic (exact) mass is 298 g/mol. The fourth-order valence-electron chi connectivity index (χ4n) is 2.04. The first kappa shape index (κ1) is 15.8. The van der Waals surface area contributed by atoms with E-state index < -0.39 is 0 Å². The number of esters is 2. The van der Waals surface area contributed by atoms with E-state index in [1.54, 1.807) is 0 Å². The molecule has 2 rings (SSSR count). The number of carbonyl (C=O) groups is 2. The Hall–Kier alpha value is -2.62. The second-order valence-electron chi connectivity index (χ2n) is 4.90. The van der Waals surface area contributed by atoms with Crippen molar-refractivity contribution in [2.24, 2.45) is 0 Å². The zero-order valence-electron chi connectivity index (χ0n) is 12.5. The summed E-state index contributed by atoms with van der Waals surface area (Å²) < 4.78 is 9.88. The summed E-state index contributed by atoms with van der Waals surface area (Å²) in [7, 11) is 1.35. The van der Waals surface area contributed by atoms with Crippen molar-refractivity contribution in [1.29, 1.82) is 0 Å². The lowest BCUT2D eigenvalue weighted by Crippen LogP contribution is -2.09. The quantitative estimate of drug-likeness (QED) is 0.769. The molecule has 4 nitrogen and oxygen atoms in total. The molecule has 0 bridgehead atoms. The van der Waals surface area contributed by atoms with Crippen molar-refractivity contribution in [3.63, 3.8) is 0 Å². The first-order chi connectivity index (χ1) is 10.7. The largest absolute Gasteiger partial charge is 0.469 e. The van der Waals surface area contributed by atoms with E-state index in [1.807, 2.05) is 54.6 Å². The Morgan fingerprint density at radius 1 is 0.818 bits per heavy atom. The van der Waals surface area contributed by atoms with Crippen molar-refractivity contribution >= 4 is 11.9 Å². The predicted molar refractivity (Wildman–Crippen MR) is 82.1 cm³/mol. The smallest absolute Gasteiger partial charge is 0.310 e. The molecule has 0 aliphatic heterocycles. The highest BCUT2D eigenvalue weighted by molar-refractivity contribution is 5.74. The average Bonchev–Trinajstić information content (AvgIpc) is 2.54. The zero-order valence-corrected chi connectivity index (χ0v) is 12.5. The van der Waals surface area contributed by atoms with E-state index in [0.717, 1.165) is 16.7 Å². The summed E-state index contributed by atoms with van der Waals surface area (Å²) >= 11 is 0. The number of rotatable bonds is 6. The number of methoxy groups -OCH3 is 1. The number of benzene rings is 2. The molecule has 0 spiro atoms. The van der Waals surface area contributed by atoms with Gasteiger partial charge in [-0.05, 0) is 16.7 Å². The Balaban J connectivity index is 1.88. The van der Waals surface area contributed by atoms with E-state index in [-0.39, 0.29) is 31.4 Å². The van der Waals surface area contributed by atoms with Gasteiger partial charge in [-0.3, -0.25) is 9.59 Å². The fourth-order valence-corrected chi connectivity index (χ4v) is 2.04. The molecule has 0 saturated heterocycles. The minimum atomic E-state index is -0.302. The van der Waals surface area contributed by atoms with Gasteiger partial charge >= 0.3 is 11.9 Å². The van der Waals surface area contributed by atoms with Crippen LogP contribution in [0, 0.1) is 0 Å². The van der Waals surface area contributed by atoms with Crippen LogP contribution in [0.25, 0.3) is 0 Å². The lowest BCUT2D eigenvalue weighted by atomic mass is 10.1. The molecule has 0 aliphatic carbocycles. The topological polar surface area (TPSA) is 52.6 Å². The van der Waals surface area contributed by atoms with Crippen LogP contribution in [0.3, 0.4) is 0 Å². The van der Waals surface area contributed by atoms with Crippen molar-refractivity contribution in [2.75, 3.05) is 7.11 Å². The summed E-state index contributed by atoms with van der Waals surface area (Å²) in [6.45, 7) is 0.265. The molecule has 0 aromatic heterocycles. The maximum absolute atomic E-state index is 11.9. The Bertz CT molecular complexity index is 635. The molecule has 0 N–H and O–H groups in total. The van der Waals surface area contributed by atoms with Crippen LogP contribution in [0.4, 0.5) is 0 Å². The molecule has 2 aromatic carbocycles. The zero-order chi connectivity index (χ0) is 15.8.